The fourth-order valence-corrected chi connectivity index (χ4v) is 3.37. The van der Waals surface area contributed by atoms with Crippen LogP contribution < -0.4 is 5.63 Å². The van der Waals surface area contributed by atoms with E-state index in [-0.39, 0.29) is 23.3 Å². The maximum absolute atomic E-state index is 11.7. The number of rotatable bonds is 6. The highest BCUT2D eigenvalue weighted by molar-refractivity contribution is 5.82. The Morgan fingerprint density at radius 1 is 1.10 bits per heavy atom. The molecule has 1 aliphatic rings. The summed E-state index contributed by atoms with van der Waals surface area (Å²) in [4.78, 5) is 11.7. The summed E-state index contributed by atoms with van der Waals surface area (Å²) >= 11 is 0. The van der Waals surface area contributed by atoms with Gasteiger partial charge in [-0.15, -0.1) is 0 Å². The third-order valence-corrected chi connectivity index (χ3v) is 5.19. The van der Waals surface area contributed by atoms with Crippen LogP contribution in [-0.4, -0.2) is 79.7 Å². The average molecular weight is 426 g/mol. The van der Waals surface area contributed by atoms with Crippen LogP contribution in [0.1, 0.15) is 19.4 Å². The molecule has 0 saturated carbocycles. The topological polar surface area (TPSA) is 170 Å². The van der Waals surface area contributed by atoms with Crippen molar-refractivity contribution in [2.75, 3.05) is 6.61 Å². The van der Waals surface area contributed by atoms with Gasteiger partial charge in [-0.2, -0.15) is 0 Å². The predicted octanol–water partition coefficient (Wildman–Crippen LogP) is -1.00. The molecular formula is C20H26O10. The number of aliphatic hydroxyl groups is 5. The lowest BCUT2D eigenvalue weighted by atomic mass is 9.93. The summed E-state index contributed by atoms with van der Waals surface area (Å²) in [5.41, 5.74) is -1.83. The summed E-state index contributed by atoms with van der Waals surface area (Å²) in [6.07, 6.45) is -8.78. The molecule has 30 heavy (non-hydrogen) atoms. The molecular weight excluding hydrogens is 400 g/mol. The Bertz CT molecular complexity index is 931. The molecule has 2 heterocycles. The number of hydrogen-bond acceptors (Lipinski definition) is 10. The van der Waals surface area contributed by atoms with Gasteiger partial charge in [-0.1, -0.05) is 0 Å². The van der Waals surface area contributed by atoms with E-state index in [0.29, 0.717) is 5.39 Å². The van der Waals surface area contributed by atoms with Crippen LogP contribution in [0, 0.1) is 0 Å². The van der Waals surface area contributed by atoms with Gasteiger partial charge < -0.3 is 44.5 Å². The maximum atomic E-state index is 11.7. The average Bonchev–Trinajstić information content (AvgIpc) is 2.68. The van der Waals surface area contributed by atoms with Crippen LogP contribution >= 0.6 is 0 Å². The van der Waals surface area contributed by atoms with Gasteiger partial charge in [0.2, 0.25) is 0 Å². The van der Waals surface area contributed by atoms with Gasteiger partial charge in [-0.05, 0) is 32.0 Å². The van der Waals surface area contributed by atoms with Gasteiger partial charge in [0.15, 0.2) is 6.29 Å². The number of aromatic hydroxyl groups is 1. The van der Waals surface area contributed by atoms with Crippen molar-refractivity contribution in [2.45, 2.75) is 62.7 Å². The molecule has 0 bridgehead atoms. The minimum Gasteiger partial charge on any atom is -0.508 e. The lowest BCUT2D eigenvalue weighted by molar-refractivity contribution is -0.321. The summed E-state index contributed by atoms with van der Waals surface area (Å²) < 4.78 is 16.3. The molecule has 1 aliphatic heterocycles. The van der Waals surface area contributed by atoms with E-state index in [1.165, 1.54) is 32.0 Å². The van der Waals surface area contributed by atoms with E-state index in [2.05, 4.69) is 0 Å². The van der Waals surface area contributed by atoms with Gasteiger partial charge in [0, 0.05) is 23.4 Å². The highest BCUT2D eigenvalue weighted by atomic mass is 16.7. The summed E-state index contributed by atoms with van der Waals surface area (Å²) in [6.45, 7) is 2.23. The van der Waals surface area contributed by atoms with Crippen LogP contribution in [0.15, 0.2) is 33.5 Å². The molecule has 2 aromatic rings. The van der Waals surface area contributed by atoms with E-state index in [1.807, 2.05) is 0 Å². The molecule has 6 unspecified atom stereocenters. The van der Waals surface area contributed by atoms with Crippen LogP contribution in [0.3, 0.4) is 0 Å². The molecule has 1 aromatic carbocycles. The van der Waals surface area contributed by atoms with Gasteiger partial charge in [0.05, 0.1) is 18.3 Å². The SMILES string of the molecule is CC(C)(O)C(Cc1c(O)ccc2ccc(=O)oc12)OC1OC(CO)C(O)C(O)C1O. The second kappa shape index (κ2) is 8.60. The van der Waals surface area contributed by atoms with E-state index in [4.69, 9.17) is 13.9 Å². The molecule has 0 amide bonds. The van der Waals surface area contributed by atoms with Crippen LogP contribution in [0.25, 0.3) is 11.0 Å². The third-order valence-electron chi connectivity index (χ3n) is 5.19. The molecule has 6 N–H and O–H groups in total. The normalized spacial score (nSPS) is 28.6. The van der Waals surface area contributed by atoms with E-state index >= 15 is 0 Å². The Labute approximate surface area is 171 Å². The summed E-state index contributed by atoms with van der Waals surface area (Å²) in [6, 6.07) is 5.74. The molecule has 0 aliphatic carbocycles. The lowest BCUT2D eigenvalue weighted by Crippen LogP contribution is -2.60. The Hall–Kier alpha value is -2.05. The molecule has 6 atom stereocenters. The Kier molecular flexibility index (Phi) is 6.48. The van der Waals surface area contributed by atoms with E-state index in [1.54, 1.807) is 6.07 Å². The summed E-state index contributed by atoms with van der Waals surface area (Å²) in [7, 11) is 0. The molecule has 10 heteroatoms. The van der Waals surface area contributed by atoms with Crippen LogP contribution in [-0.2, 0) is 15.9 Å². The van der Waals surface area contributed by atoms with Crippen LogP contribution in [0.4, 0.5) is 0 Å². The Morgan fingerprint density at radius 2 is 1.77 bits per heavy atom. The molecule has 0 radical (unpaired) electrons. The first-order valence-corrected chi connectivity index (χ1v) is 9.46. The second-order valence-electron chi connectivity index (χ2n) is 7.92. The maximum Gasteiger partial charge on any atom is 0.336 e. The number of hydrogen-bond donors (Lipinski definition) is 6. The minimum absolute atomic E-state index is 0.120. The quantitative estimate of drug-likeness (QED) is 0.315. The fraction of sp³-hybridized carbons (Fsp3) is 0.550. The lowest BCUT2D eigenvalue weighted by Gasteiger charge is -2.42. The molecule has 3 rings (SSSR count). The molecule has 10 nitrogen and oxygen atoms in total. The van der Waals surface area contributed by atoms with Gasteiger partial charge in [0.25, 0.3) is 0 Å². The fourth-order valence-electron chi connectivity index (χ4n) is 3.37. The molecule has 1 saturated heterocycles. The van der Waals surface area contributed by atoms with Gasteiger partial charge in [0.1, 0.15) is 35.7 Å². The van der Waals surface area contributed by atoms with Crippen molar-refractivity contribution in [3.63, 3.8) is 0 Å². The van der Waals surface area contributed by atoms with E-state index < -0.39 is 54.6 Å². The van der Waals surface area contributed by atoms with Crippen molar-refractivity contribution >= 4 is 11.0 Å². The van der Waals surface area contributed by atoms with E-state index in [0.717, 1.165) is 0 Å². The molecule has 166 valence electrons. The van der Waals surface area contributed by atoms with E-state index in [9.17, 15) is 35.4 Å². The zero-order chi connectivity index (χ0) is 22.2. The van der Waals surface area contributed by atoms with Gasteiger partial charge >= 0.3 is 5.63 Å². The van der Waals surface area contributed by atoms with Crippen molar-refractivity contribution in [3.8, 4) is 5.75 Å². The van der Waals surface area contributed by atoms with Crippen molar-refractivity contribution in [1.29, 1.82) is 0 Å². The first kappa shape index (κ1) is 22.6. The van der Waals surface area contributed by atoms with Crippen LogP contribution in [0.2, 0.25) is 0 Å². The molecule has 1 fully saturated rings. The molecule has 1 aromatic heterocycles. The largest absolute Gasteiger partial charge is 0.508 e. The number of benzene rings is 1. The smallest absolute Gasteiger partial charge is 0.336 e. The highest BCUT2D eigenvalue weighted by Gasteiger charge is 2.46. The zero-order valence-corrected chi connectivity index (χ0v) is 16.5. The second-order valence-corrected chi connectivity index (χ2v) is 7.92. The number of fused-ring (bicyclic) bond motifs is 1. The Balaban J connectivity index is 1.94. The predicted molar refractivity (Wildman–Crippen MR) is 103 cm³/mol. The summed E-state index contributed by atoms with van der Waals surface area (Å²) in [5.74, 6) is -0.191. The van der Waals surface area contributed by atoms with Crippen molar-refractivity contribution < 1.29 is 44.5 Å². The van der Waals surface area contributed by atoms with Crippen molar-refractivity contribution in [3.05, 3.63) is 40.2 Å². The standard InChI is InChI=1S/C20H26O10/c1-20(2,27)13(29-19-17(26)16(25)15(24)12(8-21)28-19)7-10-11(22)5-3-9-4-6-14(23)30-18(9)10/h3-6,12-13,15-17,19,21-22,24-27H,7-8H2,1-2H3. The number of aliphatic hydroxyl groups excluding tert-OH is 4. The van der Waals surface area contributed by atoms with Gasteiger partial charge in [-0.25, -0.2) is 4.79 Å². The minimum atomic E-state index is -1.66. The zero-order valence-electron chi connectivity index (χ0n) is 16.5. The Morgan fingerprint density at radius 3 is 2.40 bits per heavy atom. The monoisotopic (exact) mass is 426 g/mol. The third kappa shape index (κ3) is 4.49. The highest BCUT2D eigenvalue weighted by Crippen LogP contribution is 2.32. The molecule has 0 spiro atoms. The first-order chi connectivity index (χ1) is 14.0. The van der Waals surface area contributed by atoms with Gasteiger partial charge in [-0.3, -0.25) is 0 Å². The van der Waals surface area contributed by atoms with Crippen molar-refractivity contribution in [1.82, 2.24) is 0 Å². The van der Waals surface area contributed by atoms with Crippen LogP contribution in [0.5, 0.6) is 5.75 Å². The first-order valence-electron chi connectivity index (χ1n) is 9.46. The summed E-state index contributed by atoms with van der Waals surface area (Å²) in [5, 5.41) is 61.0. The number of phenols is 1. The van der Waals surface area contributed by atoms with Crippen molar-refractivity contribution in [2.24, 2.45) is 0 Å². The number of ether oxygens (including phenoxy) is 2. The number of phenolic OH excluding ortho intramolecular Hbond substituents is 1.